The summed E-state index contributed by atoms with van der Waals surface area (Å²) in [5.41, 5.74) is 6.03. The highest BCUT2D eigenvalue weighted by molar-refractivity contribution is 5.33. The molecule has 2 rings (SSSR count). The molecule has 2 aromatic rings. The highest BCUT2D eigenvalue weighted by atomic mass is 19.1. The van der Waals surface area contributed by atoms with Gasteiger partial charge in [0.05, 0.1) is 6.61 Å². The molecule has 0 aliphatic rings. The van der Waals surface area contributed by atoms with Crippen molar-refractivity contribution in [2.45, 2.75) is 13.0 Å². The van der Waals surface area contributed by atoms with Crippen molar-refractivity contribution in [1.29, 1.82) is 0 Å². The van der Waals surface area contributed by atoms with Gasteiger partial charge in [-0.05, 0) is 24.6 Å². The molecule has 1 aromatic heterocycles. The average molecular weight is 262 g/mol. The molecule has 0 aliphatic heterocycles. The Labute approximate surface area is 110 Å². The first-order valence-corrected chi connectivity index (χ1v) is 6.00. The summed E-state index contributed by atoms with van der Waals surface area (Å²) in [7, 11) is 0. The summed E-state index contributed by atoms with van der Waals surface area (Å²) >= 11 is 0. The van der Waals surface area contributed by atoms with Crippen LogP contribution in [0, 0.1) is 5.82 Å². The van der Waals surface area contributed by atoms with Gasteiger partial charge in [0.1, 0.15) is 0 Å². The molecular formula is C14H15FN2O2. The van der Waals surface area contributed by atoms with Crippen LogP contribution in [0.15, 0.2) is 47.4 Å². The van der Waals surface area contributed by atoms with E-state index in [1.165, 1.54) is 16.7 Å². The molecule has 0 aliphatic carbocycles. The number of aromatic nitrogens is 1. The number of nitrogens with two attached hydrogens (primary N) is 1. The minimum Gasteiger partial charge on any atom is -0.490 e. The van der Waals surface area contributed by atoms with Crippen LogP contribution < -0.4 is 16.0 Å². The van der Waals surface area contributed by atoms with Crippen molar-refractivity contribution in [3.05, 3.63) is 58.8 Å². The third-order valence-electron chi connectivity index (χ3n) is 2.64. The van der Waals surface area contributed by atoms with E-state index in [-0.39, 0.29) is 17.1 Å². The van der Waals surface area contributed by atoms with Crippen LogP contribution in [0.25, 0.3) is 0 Å². The molecule has 0 bridgehead atoms. The normalized spacial score (nSPS) is 10.4. The second-order valence-electron chi connectivity index (χ2n) is 4.13. The molecule has 0 unspecified atom stereocenters. The SMILES string of the molecule is Nc1ccc(=O)n(CCCOc2ccccc2F)c1. The fourth-order valence-electron chi connectivity index (χ4n) is 1.70. The van der Waals surface area contributed by atoms with E-state index >= 15 is 0 Å². The van der Waals surface area contributed by atoms with Gasteiger partial charge >= 0.3 is 0 Å². The van der Waals surface area contributed by atoms with Gasteiger partial charge in [-0.1, -0.05) is 12.1 Å². The molecule has 1 aromatic carbocycles. The van der Waals surface area contributed by atoms with Gasteiger partial charge in [0.15, 0.2) is 11.6 Å². The van der Waals surface area contributed by atoms with Gasteiger partial charge in [0, 0.05) is 24.5 Å². The van der Waals surface area contributed by atoms with Crippen LogP contribution in [0.3, 0.4) is 0 Å². The van der Waals surface area contributed by atoms with Crippen molar-refractivity contribution in [2.24, 2.45) is 0 Å². The predicted molar refractivity (Wildman–Crippen MR) is 71.6 cm³/mol. The Morgan fingerprint density at radius 1 is 1.21 bits per heavy atom. The molecule has 2 N–H and O–H groups in total. The predicted octanol–water partition coefficient (Wildman–Crippen LogP) is 2.04. The molecule has 5 heteroatoms. The van der Waals surface area contributed by atoms with Gasteiger partial charge < -0.3 is 15.0 Å². The highest BCUT2D eigenvalue weighted by Crippen LogP contribution is 2.15. The first kappa shape index (κ1) is 13.1. The van der Waals surface area contributed by atoms with Crippen molar-refractivity contribution in [2.75, 3.05) is 12.3 Å². The highest BCUT2D eigenvalue weighted by Gasteiger charge is 2.01. The third kappa shape index (κ3) is 3.58. The van der Waals surface area contributed by atoms with E-state index in [0.29, 0.717) is 25.3 Å². The number of anilines is 1. The first-order chi connectivity index (χ1) is 9.16. The summed E-state index contributed by atoms with van der Waals surface area (Å²) in [6, 6.07) is 9.22. The van der Waals surface area contributed by atoms with Crippen molar-refractivity contribution in [3.63, 3.8) is 0 Å². The van der Waals surface area contributed by atoms with Gasteiger partial charge in [-0.25, -0.2) is 4.39 Å². The van der Waals surface area contributed by atoms with Crippen LogP contribution in [0.4, 0.5) is 10.1 Å². The summed E-state index contributed by atoms with van der Waals surface area (Å²) in [5, 5.41) is 0. The zero-order valence-corrected chi connectivity index (χ0v) is 10.4. The summed E-state index contributed by atoms with van der Waals surface area (Å²) in [6.07, 6.45) is 2.18. The molecule has 0 fully saturated rings. The van der Waals surface area contributed by atoms with E-state index in [1.54, 1.807) is 30.5 Å². The van der Waals surface area contributed by atoms with Crippen molar-refractivity contribution >= 4 is 5.69 Å². The fourth-order valence-corrected chi connectivity index (χ4v) is 1.70. The minimum atomic E-state index is -0.386. The van der Waals surface area contributed by atoms with E-state index in [2.05, 4.69) is 0 Å². The Kier molecular flexibility index (Phi) is 4.18. The number of pyridine rings is 1. The number of rotatable bonds is 5. The van der Waals surface area contributed by atoms with Crippen molar-refractivity contribution in [1.82, 2.24) is 4.57 Å². The van der Waals surface area contributed by atoms with Crippen LogP contribution >= 0.6 is 0 Å². The summed E-state index contributed by atoms with van der Waals surface area (Å²) in [4.78, 5) is 11.5. The van der Waals surface area contributed by atoms with Crippen molar-refractivity contribution in [3.8, 4) is 5.75 Å². The smallest absolute Gasteiger partial charge is 0.250 e. The number of benzene rings is 1. The van der Waals surface area contributed by atoms with Crippen LogP contribution in [0.5, 0.6) is 5.75 Å². The lowest BCUT2D eigenvalue weighted by Crippen LogP contribution is -2.20. The third-order valence-corrected chi connectivity index (χ3v) is 2.64. The minimum absolute atomic E-state index is 0.111. The summed E-state index contributed by atoms with van der Waals surface area (Å²) in [6.45, 7) is 0.820. The topological polar surface area (TPSA) is 57.2 Å². The Morgan fingerprint density at radius 3 is 2.79 bits per heavy atom. The Bertz CT molecular complexity index is 610. The molecule has 0 saturated carbocycles. The van der Waals surface area contributed by atoms with Gasteiger partial charge in [-0.3, -0.25) is 4.79 Å². The molecule has 0 spiro atoms. The first-order valence-electron chi connectivity index (χ1n) is 6.00. The largest absolute Gasteiger partial charge is 0.490 e. The van der Waals surface area contributed by atoms with Crippen LogP contribution in [-0.2, 0) is 6.54 Å². The van der Waals surface area contributed by atoms with E-state index in [4.69, 9.17) is 10.5 Å². The average Bonchev–Trinajstić information content (AvgIpc) is 2.40. The van der Waals surface area contributed by atoms with Gasteiger partial charge in [-0.15, -0.1) is 0 Å². The van der Waals surface area contributed by atoms with Crippen LogP contribution in [-0.4, -0.2) is 11.2 Å². The second kappa shape index (κ2) is 6.04. The van der Waals surface area contributed by atoms with Crippen molar-refractivity contribution < 1.29 is 9.13 Å². The molecule has 0 amide bonds. The maximum absolute atomic E-state index is 13.3. The molecule has 4 nitrogen and oxygen atoms in total. The molecule has 0 saturated heterocycles. The number of hydrogen-bond acceptors (Lipinski definition) is 3. The Morgan fingerprint density at radius 2 is 2.00 bits per heavy atom. The lowest BCUT2D eigenvalue weighted by atomic mass is 10.3. The zero-order valence-electron chi connectivity index (χ0n) is 10.4. The number of para-hydroxylation sites is 1. The molecule has 0 atom stereocenters. The Hall–Kier alpha value is -2.30. The number of aryl methyl sites for hydroxylation is 1. The summed E-state index contributed by atoms with van der Waals surface area (Å²) < 4.78 is 20.1. The van der Waals surface area contributed by atoms with E-state index < -0.39 is 0 Å². The molecule has 0 radical (unpaired) electrons. The number of nitrogens with zero attached hydrogens (tertiary/aromatic N) is 1. The van der Waals surface area contributed by atoms with E-state index in [9.17, 15) is 9.18 Å². The number of nitrogen functional groups attached to an aromatic ring is 1. The van der Waals surface area contributed by atoms with Crippen LogP contribution in [0.2, 0.25) is 0 Å². The summed E-state index contributed by atoms with van der Waals surface area (Å²) in [5.74, 6) is -0.161. The maximum atomic E-state index is 13.3. The number of hydrogen-bond donors (Lipinski definition) is 1. The molecule has 19 heavy (non-hydrogen) atoms. The molecule has 100 valence electrons. The van der Waals surface area contributed by atoms with E-state index in [0.717, 1.165) is 0 Å². The van der Waals surface area contributed by atoms with E-state index in [1.807, 2.05) is 0 Å². The second-order valence-corrected chi connectivity index (χ2v) is 4.13. The quantitative estimate of drug-likeness (QED) is 0.839. The van der Waals surface area contributed by atoms with Gasteiger partial charge in [-0.2, -0.15) is 0 Å². The lowest BCUT2D eigenvalue weighted by Gasteiger charge is -2.08. The Balaban J connectivity index is 1.86. The van der Waals surface area contributed by atoms with Gasteiger partial charge in [0.2, 0.25) is 0 Å². The van der Waals surface area contributed by atoms with Crippen LogP contribution in [0.1, 0.15) is 6.42 Å². The van der Waals surface area contributed by atoms with Gasteiger partial charge in [0.25, 0.3) is 5.56 Å². The number of ether oxygens (including phenoxy) is 1. The maximum Gasteiger partial charge on any atom is 0.250 e. The number of halogens is 1. The molecular weight excluding hydrogens is 247 g/mol. The molecule has 1 heterocycles. The lowest BCUT2D eigenvalue weighted by molar-refractivity contribution is 0.287. The monoisotopic (exact) mass is 262 g/mol. The standard InChI is InChI=1S/C14H15FN2O2/c15-12-4-1-2-5-13(12)19-9-3-8-17-10-11(16)6-7-14(17)18/h1-2,4-7,10H,3,8-9,16H2. The fraction of sp³-hybridized carbons (Fsp3) is 0.214. The zero-order chi connectivity index (χ0) is 13.7.